The molecule has 0 N–H and O–H groups in total. The molecular formula is C10H14N2O. The molecule has 2 rings (SSSR count). The van der Waals surface area contributed by atoms with Crippen LogP contribution < -0.4 is 0 Å². The van der Waals surface area contributed by atoms with Gasteiger partial charge < -0.3 is 4.57 Å². The predicted octanol–water partition coefficient (Wildman–Crippen LogP) is 1.59. The van der Waals surface area contributed by atoms with Crippen LogP contribution in [0.1, 0.15) is 35.4 Å². The summed E-state index contributed by atoms with van der Waals surface area (Å²) in [5.74, 6) is 1.26. The highest BCUT2D eigenvalue weighted by Crippen LogP contribution is 2.23. The van der Waals surface area contributed by atoms with Gasteiger partial charge in [0.25, 0.3) is 0 Å². The molecular weight excluding hydrogens is 164 g/mol. The van der Waals surface area contributed by atoms with E-state index in [4.69, 9.17) is 0 Å². The van der Waals surface area contributed by atoms with Crippen molar-refractivity contribution in [1.82, 2.24) is 9.55 Å². The van der Waals surface area contributed by atoms with E-state index in [-0.39, 0.29) is 0 Å². The number of nitrogens with zero attached hydrogens (tertiary/aromatic N) is 2. The van der Waals surface area contributed by atoms with Gasteiger partial charge in [0.2, 0.25) is 0 Å². The Labute approximate surface area is 77.8 Å². The third-order valence-electron chi connectivity index (χ3n) is 2.78. The molecule has 2 heterocycles. The monoisotopic (exact) mass is 178 g/mol. The standard InChI is InChI=1S/C10H14N2O/c1-7-3-4-9-8(2)11-10(6-13)12(9)5-7/h6-7H,3-5H2,1-2H3. The zero-order valence-electron chi connectivity index (χ0n) is 8.08. The van der Waals surface area contributed by atoms with Crippen molar-refractivity contribution in [3.63, 3.8) is 0 Å². The zero-order valence-corrected chi connectivity index (χ0v) is 8.08. The average molecular weight is 178 g/mol. The van der Waals surface area contributed by atoms with Gasteiger partial charge in [-0.3, -0.25) is 4.79 Å². The van der Waals surface area contributed by atoms with E-state index in [9.17, 15) is 4.79 Å². The number of aryl methyl sites for hydroxylation is 1. The topological polar surface area (TPSA) is 34.9 Å². The quantitative estimate of drug-likeness (QED) is 0.612. The number of aldehydes is 1. The summed E-state index contributed by atoms with van der Waals surface area (Å²) in [5.41, 5.74) is 2.27. The fraction of sp³-hybridized carbons (Fsp3) is 0.600. The summed E-state index contributed by atoms with van der Waals surface area (Å²) in [7, 11) is 0. The first-order valence-corrected chi connectivity index (χ1v) is 4.73. The maximum atomic E-state index is 10.7. The van der Waals surface area contributed by atoms with Crippen LogP contribution in [0, 0.1) is 12.8 Å². The molecule has 1 aromatic heterocycles. The van der Waals surface area contributed by atoms with Crippen LogP contribution in [-0.2, 0) is 13.0 Å². The van der Waals surface area contributed by atoms with Crippen molar-refractivity contribution in [2.75, 3.05) is 0 Å². The summed E-state index contributed by atoms with van der Waals surface area (Å²) in [6.07, 6.45) is 3.13. The molecule has 1 aliphatic heterocycles. The fourth-order valence-corrected chi connectivity index (χ4v) is 2.03. The first-order valence-electron chi connectivity index (χ1n) is 4.73. The number of imidazole rings is 1. The molecule has 3 nitrogen and oxygen atoms in total. The van der Waals surface area contributed by atoms with E-state index in [0.29, 0.717) is 11.7 Å². The Morgan fingerprint density at radius 1 is 1.62 bits per heavy atom. The largest absolute Gasteiger partial charge is 0.325 e. The fourth-order valence-electron chi connectivity index (χ4n) is 2.03. The molecule has 0 saturated heterocycles. The van der Waals surface area contributed by atoms with Gasteiger partial charge in [-0.05, 0) is 25.7 Å². The van der Waals surface area contributed by atoms with Crippen LogP contribution in [0.3, 0.4) is 0 Å². The minimum absolute atomic E-state index is 0.596. The van der Waals surface area contributed by atoms with Crippen LogP contribution in [0.5, 0.6) is 0 Å². The lowest BCUT2D eigenvalue weighted by atomic mass is 9.99. The van der Waals surface area contributed by atoms with Crippen molar-refractivity contribution in [3.05, 3.63) is 17.2 Å². The van der Waals surface area contributed by atoms with Gasteiger partial charge in [-0.15, -0.1) is 0 Å². The Hall–Kier alpha value is -1.12. The highest BCUT2D eigenvalue weighted by molar-refractivity contribution is 5.70. The lowest BCUT2D eigenvalue weighted by Gasteiger charge is -2.21. The van der Waals surface area contributed by atoms with Gasteiger partial charge in [0, 0.05) is 12.2 Å². The van der Waals surface area contributed by atoms with E-state index in [1.165, 1.54) is 12.1 Å². The molecule has 0 spiro atoms. The number of carbonyl (C=O) groups excluding carboxylic acids is 1. The van der Waals surface area contributed by atoms with Crippen molar-refractivity contribution in [1.29, 1.82) is 0 Å². The van der Waals surface area contributed by atoms with E-state index in [0.717, 1.165) is 24.9 Å². The Morgan fingerprint density at radius 2 is 2.38 bits per heavy atom. The maximum absolute atomic E-state index is 10.7. The third-order valence-corrected chi connectivity index (χ3v) is 2.78. The van der Waals surface area contributed by atoms with Crippen molar-refractivity contribution in [2.45, 2.75) is 33.2 Å². The molecule has 1 aromatic rings. The van der Waals surface area contributed by atoms with Crippen molar-refractivity contribution in [3.8, 4) is 0 Å². The Bertz CT molecular complexity index is 341. The first kappa shape index (κ1) is 8.48. The number of rotatable bonds is 1. The number of hydrogen-bond donors (Lipinski definition) is 0. The second-order valence-electron chi connectivity index (χ2n) is 3.87. The Balaban J connectivity index is 2.48. The molecule has 1 atom stereocenters. The summed E-state index contributed by atoms with van der Waals surface area (Å²) in [6, 6.07) is 0. The second kappa shape index (κ2) is 2.98. The van der Waals surface area contributed by atoms with Crippen LogP contribution in [0.4, 0.5) is 0 Å². The predicted molar refractivity (Wildman–Crippen MR) is 49.8 cm³/mol. The zero-order chi connectivity index (χ0) is 9.42. The van der Waals surface area contributed by atoms with Gasteiger partial charge >= 0.3 is 0 Å². The Morgan fingerprint density at radius 3 is 3.08 bits per heavy atom. The van der Waals surface area contributed by atoms with Crippen LogP contribution in [-0.4, -0.2) is 15.8 Å². The molecule has 0 bridgehead atoms. The minimum Gasteiger partial charge on any atom is -0.325 e. The molecule has 0 saturated carbocycles. The first-order chi connectivity index (χ1) is 6.22. The highest BCUT2D eigenvalue weighted by atomic mass is 16.1. The van der Waals surface area contributed by atoms with Crippen LogP contribution >= 0.6 is 0 Å². The summed E-state index contributed by atoms with van der Waals surface area (Å²) < 4.78 is 2.07. The summed E-state index contributed by atoms with van der Waals surface area (Å²) >= 11 is 0. The van der Waals surface area contributed by atoms with E-state index >= 15 is 0 Å². The molecule has 0 amide bonds. The number of carbonyl (C=O) groups is 1. The van der Waals surface area contributed by atoms with Gasteiger partial charge in [0.05, 0.1) is 5.69 Å². The van der Waals surface area contributed by atoms with E-state index < -0.39 is 0 Å². The lowest BCUT2D eigenvalue weighted by Crippen LogP contribution is -2.19. The molecule has 0 radical (unpaired) electrons. The molecule has 1 aliphatic rings. The number of hydrogen-bond acceptors (Lipinski definition) is 2. The molecule has 13 heavy (non-hydrogen) atoms. The maximum Gasteiger partial charge on any atom is 0.185 e. The second-order valence-corrected chi connectivity index (χ2v) is 3.87. The summed E-state index contributed by atoms with van der Waals surface area (Å²) in [4.78, 5) is 15.0. The average Bonchev–Trinajstić information content (AvgIpc) is 2.42. The van der Waals surface area contributed by atoms with Gasteiger partial charge in [-0.2, -0.15) is 0 Å². The molecule has 1 unspecified atom stereocenters. The highest BCUT2D eigenvalue weighted by Gasteiger charge is 2.20. The third kappa shape index (κ3) is 1.28. The minimum atomic E-state index is 0.596. The van der Waals surface area contributed by atoms with Crippen LogP contribution in [0.2, 0.25) is 0 Å². The van der Waals surface area contributed by atoms with Crippen LogP contribution in [0.25, 0.3) is 0 Å². The molecule has 0 fully saturated rings. The number of fused-ring (bicyclic) bond motifs is 1. The van der Waals surface area contributed by atoms with Gasteiger partial charge in [-0.1, -0.05) is 6.92 Å². The Kier molecular flexibility index (Phi) is 1.94. The van der Waals surface area contributed by atoms with E-state index in [1.54, 1.807) is 0 Å². The molecule has 0 aromatic carbocycles. The van der Waals surface area contributed by atoms with Gasteiger partial charge in [0.1, 0.15) is 0 Å². The lowest BCUT2D eigenvalue weighted by molar-refractivity contribution is 0.110. The van der Waals surface area contributed by atoms with Crippen LogP contribution in [0.15, 0.2) is 0 Å². The molecule has 3 heteroatoms. The van der Waals surface area contributed by atoms with Gasteiger partial charge in [0.15, 0.2) is 12.1 Å². The van der Waals surface area contributed by atoms with E-state index in [1.807, 2.05) is 6.92 Å². The van der Waals surface area contributed by atoms with E-state index in [2.05, 4.69) is 16.5 Å². The summed E-state index contributed by atoms with van der Waals surface area (Å²) in [5, 5.41) is 0. The van der Waals surface area contributed by atoms with Crippen molar-refractivity contribution in [2.24, 2.45) is 5.92 Å². The molecule has 0 aliphatic carbocycles. The SMILES string of the molecule is Cc1nc(C=O)n2c1CCC(C)C2. The normalized spacial score (nSPS) is 21.2. The number of aromatic nitrogens is 2. The smallest absolute Gasteiger partial charge is 0.185 e. The van der Waals surface area contributed by atoms with Crippen molar-refractivity contribution >= 4 is 6.29 Å². The van der Waals surface area contributed by atoms with Crippen molar-refractivity contribution < 1.29 is 4.79 Å². The summed E-state index contributed by atoms with van der Waals surface area (Å²) in [6.45, 7) is 5.14. The molecule has 70 valence electrons. The van der Waals surface area contributed by atoms with Gasteiger partial charge in [-0.25, -0.2) is 4.98 Å².